The Labute approximate surface area is 127 Å². The van der Waals surface area contributed by atoms with E-state index in [0.717, 1.165) is 25.3 Å². The van der Waals surface area contributed by atoms with E-state index in [1.54, 1.807) is 0 Å². The van der Waals surface area contributed by atoms with Crippen LogP contribution in [0.25, 0.3) is 0 Å². The Morgan fingerprint density at radius 3 is 2.57 bits per heavy atom. The molecule has 0 amide bonds. The van der Waals surface area contributed by atoms with Gasteiger partial charge in [0.15, 0.2) is 0 Å². The molecule has 0 aliphatic heterocycles. The molecule has 2 aromatic rings. The lowest BCUT2D eigenvalue weighted by molar-refractivity contribution is 0.477. The first-order valence-electron chi connectivity index (χ1n) is 7.73. The summed E-state index contributed by atoms with van der Waals surface area (Å²) < 4.78 is 4.08. The lowest BCUT2D eigenvalue weighted by Crippen LogP contribution is -2.15. The maximum atomic E-state index is 4.57. The summed E-state index contributed by atoms with van der Waals surface area (Å²) in [7, 11) is 0. The molecule has 2 rings (SSSR count). The van der Waals surface area contributed by atoms with Crippen LogP contribution in [0.5, 0.6) is 0 Å². The van der Waals surface area contributed by atoms with E-state index in [1.807, 2.05) is 10.9 Å². The second-order valence-corrected chi connectivity index (χ2v) is 6.32. The number of hydrogen-bond donors (Lipinski definition) is 1. The lowest BCUT2D eigenvalue weighted by atomic mass is 10.2. The van der Waals surface area contributed by atoms with Crippen molar-refractivity contribution in [2.75, 3.05) is 0 Å². The highest BCUT2D eigenvalue weighted by atomic mass is 15.3. The predicted octanol–water partition coefficient (Wildman–Crippen LogP) is 2.91. The van der Waals surface area contributed by atoms with E-state index < -0.39 is 0 Å². The molecule has 2 aromatic heterocycles. The van der Waals surface area contributed by atoms with Crippen LogP contribution in [0.4, 0.5) is 0 Å². The quantitative estimate of drug-likeness (QED) is 0.852. The molecule has 0 aliphatic rings. The Kier molecular flexibility index (Phi) is 5.17. The molecule has 0 aliphatic carbocycles. The average Bonchev–Trinajstić information content (AvgIpc) is 2.97. The van der Waals surface area contributed by atoms with Crippen molar-refractivity contribution < 1.29 is 0 Å². The fourth-order valence-corrected chi connectivity index (χ4v) is 2.45. The van der Waals surface area contributed by atoms with Crippen molar-refractivity contribution in [2.24, 2.45) is 5.92 Å². The number of nitrogens with zero attached hydrogens (tertiary/aromatic N) is 4. The van der Waals surface area contributed by atoms with Gasteiger partial charge in [-0.2, -0.15) is 10.2 Å². The monoisotopic (exact) mass is 289 g/mol. The molecule has 5 nitrogen and oxygen atoms in total. The van der Waals surface area contributed by atoms with Crippen LogP contribution < -0.4 is 5.32 Å². The SMILES string of the molecule is Cc1c(CNCc2ccn(CC(C)C)n2)cnn1C(C)C. The predicted molar refractivity (Wildman–Crippen MR) is 85.0 cm³/mol. The van der Waals surface area contributed by atoms with E-state index in [4.69, 9.17) is 0 Å². The minimum absolute atomic E-state index is 0.408. The summed E-state index contributed by atoms with van der Waals surface area (Å²) in [6, 6.07) is 2.49. The molecule has 0 saturated carbocycles. The van der Waals surface area contributed by atoms with E-state index in [0.29, 0.717) is 12.0 Å². The van der Waals surface area contributed by atoms with Crippen LogP contribution in [0, 0.1) is 12.8 Å². The first-order chi connectivity index (χ1) is 9.97. The molecule has 0 saturated heterocycles. The van der Waals surface area contributed by atoms with Gasteiger partial charge in [-0.3, -0.25) is 9.36 Å². The van der Waals surface area contributed by atoms with E-state index in [2.05, 4.69) is 67.1 Å². The first-order valence-corrected chi connectivity index (χ1v) is 7.73. The Morgan fingerprint density at radius 1 is 1.19 bits per heavy atom. The van der Waals surface area contributed by atoms with Crippen molar-refractivity contribution in [3.8, 4) is 0 Å². The maximum Gasteiger partial charge on any atom is 0.0762 e. The van der Waals surface area contributed by atoms with Crippen LogP contribution in [0.3, 0.4) is 0 Å². The molecule has 0 aromatic carbocycles. The largest absolute Gasteiger partial charge is 0.307 e. The van der Waals surface area contributed by atoms with Crippen LogP contribution in [-0.4, -0.2) is 19.6 Å². The fourth-order valence-electron chi connectivity index (χ4n) is 2.45. The lowest BCUT2D eigenvalue weighted by Gasteiger charge is -2.09. The van der Waals surface area contributed by atoms with E-state index in [-0.39, 0.29) is 0 Å². The number of nitrogens with one attached hydrogen (secondary N) is 1. The second-order valence-electron chi connectivity index (χ2n) is 6.32. The summed E-state index contributed by atoms with van der Waals surface area (Å²) in [5, 5.41) is 12.5. The molecule has 1 N–H and O–H groups in total. The van der Waals surface area contributed by atoms with Crippen molar-refractivity contribution >= 4 is 0 Å². The highest BCUT2D eigenvalue weighted by molar-refractivity contribution is 5.16. The molecule has 0 bridgehead atoms. The minimum Gasteiger partial charge on any atom is -0.307 e. The molecule has 0 atom stereocenters. The molecule has 0 fully saturated rings. The molecule has 5 heteroatoms. The minimum atomic E-state index is 0.408. The zero-order valence-corrected chi connectivity index (χ0v) is 13.8. The average molecular weight is 289 g/mol. The molecular formula is C16H27N5. The molecule has 116 valence electrons. The van der Waals surface area contributed by atoms with Gasteiger partial charge in [0.1, 0.15) is 0 Å². The van der Waals surface area contributed by atoms with Gasteiger partial charge in [0.25, 0.3) is 0 Å². The normalized spacial score (nSPS) is 11.8. The van der Waals surface area contributed by atoms with Gasteiger partial charge in [-0.25, -0.2) is 0 Å². The van der Waals surface area contributed by atoms with Crippen molar-refractivity contribution in [1.29, 1.82) is 0 Å². The van der Waals surface area contributed by atoms with Gasteiger partial charge in [-0.1, -0.05) is 13.8 Å². The Bertz CT molecular complexity index is 565. The van der Waals surface area contributed by atoms with E-state index in [1.165, 1.54) is 11.3 Å². The van der Waals surface area contributed by atoms with Gasteiger partial charge in [0, 0.05) is 43.1 Å². The number of hydrogen-bond acceptors (Lipinski definition) is 3. The zero-order valence-electron chi connectivity index (χ0n) is 13.8. The van der Waals surface area contributed by atoms with E-state index >= 15 is 0 Å². The molecule has 0 unspecified atom stereocenters. The summed E-state index contributed by atoms with van der Waals surface area (Å²) >= 11 is 0. The molecule has 21 heavy (non-hydrogen) atoms. The van der Waals surface area contributed by atoms with E-state index in [9.17, 15) is 0 Å². The van der Waals surface area contributed by atoms with Crippen LogP contribution in [-0.2, 0) is 19.6 Å². The highest BCUT2D eigenvalue weighted by Gasteiger charge is 2.08. The van der Waals surface area contributed by atoms with Crippen molar-refractivity contribution in [3.05, 3.63) is 35.4 Å². The Morgan fingerprint density at radius 2 is 1.95 bits per heavy atom. The van der Waals surface area contributed by atoms with Crippen LogP contribution in [0.1, 0.15) is 50.7 Å². The van der Waals surface area contributed by atoms with Gasteiger partial charge in [-0.05, 0) is 32.8 Å². The number of aromatic nitrogens is 4. The van der Waals surface area contributed by atoms with Crippen LogP contribution in [0.2, 0.25) is 0 Å². The summed E-state index contributed by atoms with van der Waals surface area (Å²) in [5.74, 6) is 0.621. The van der Waals surface area contributed by atoms with Gasteiger partial charge < -0.3 is 5.32 Å². The topological polar surface area (TPSA) is 47.7 Å². The third-order valence-corrected chi connectivity index (χ3v) is 3.51. The van der Waals surface area contributed by atoms with Gasteiger partial charge in [-0.15, -0.1) is 0 Å². The fraction of sp³-hybridized carbons (Fsp3) is 0.625. The molecule has 0 spiro atoms. The first kappa shape index (κ1) is 15.8. The summed E-state index contributed by atoms with van der Waals surface area (Å²) in [6.07, 6.45) is 4.01. The third-order valence-electron chi connectivity index (χ3n) is 3.51. The maximum absolute atomic E-state index is 4.57. The van der Waals surface area contributed by atoms with Gasteiger partial charge in [0.2, 0.25) is 0 Å². The van der Waals surface area contributed by atoms with Crippen molar-refractivity contribution in [3.63, 3.8) is 0 Å². The van der Waals surface area contributed by atoms with Gasteiger partial charge in [0.05, 0.1) is 11.9 Å². The highest BCUT2D eigenvalue weighted by Crippen LogP contribution is 2.12. The molecule has 2 heterocycles. The Hall–Kier alpha value is -1.62. The summed E-state index contributed by atoms with van der Waals surface area (Å²) in [6.45, 7) is 13.4. The summed E-state index contributed by atoms with van der Waals surface area (Å²) in [5.41, 5.74) is 3.58. The smallest absolute Gasteiger partial charge is 0.0762 e. The second kappa shape index (κ2) is 6.89. The van der Waals surface area contributed by atoms with Gasteiger partial charge >= 0.3 is 0 Å². The van der Waals surface area contributed by atoms with Crippen LogP contribution in [0.15, 0.2) is 18.5 Å². The molecule has 0 radical (unpaired) electrons. The zero-order chi connectivity index (χ0) is 15.4. The third kappa shape index (κ3) is 4.17. The summed E-state index contributed by atoms with van der Waals surface area (Å²) in [4.78, 5) is 0. The standard InChI is InChI=1S/C16H27N5/c1-12(2)11-20-7-6-16(19-20)10-17-8-15-9-18-21(13(3)4)14(15)5/h6-7,9,12-13,17H,8,10-11H2,1-5H3. The number of rotatable bonds is 7. The van der Waals surface area contributed by atoms with Crippen LogP contribution >= 0.6 is 0 Å². The molecular weight excluding hydrogens is 262 g/mol. The van der Waals surface area contributed by atoms with Crippen molar-refractivity contribution in [2.45, 2.75) is 60.3 Å². The Balaban J connectivity index is 1.85. The van der Waals surface area contributed by atoms with Crippen molar-refractivity contribution in [1.82, 2.24) is 24.9 Å².